The Morgan fingerprint density at radius 2 is 2.46 bits per heavy atom. The molecule has 1 heterocycles. The van der Waals surface area contributed by atoms with Crippen LogP contribution in [-0.2, 0) is 0 Å². The van der Waals surface area contributed by atoms with Gasteiger partial charge in [-0.05, 0) is 25.2 Å². The highest BCUT2D eigenvalue weighted by atomic mass is 32.2. The van der Waals surface area contributed by atoms with E-state index >= 15 is 0 Å². The zero-order chi connectivity index (χ0) is 9.68. The summed E-state index contributed by atoms with van der Waals surface area (Å²) in [5.74, 6) is 1.87. The van der Waals surface area contributed by atoms with Crippen LogP contribution in [0.2, 0.25) is 0 Å². The van der Waals surface area contributed by atoms with Gasteiger partial charge in [-0.25, -0.2) is 0 Å². The summed E-state index contributed by atoms with van der Waals surface area (Å²) >= 11 is 1.71. The first-order valence-corrected chi connectivity index (χ1v) is 5.26. The van der Waals surface area contributed by atoms with Crippen molar-refractivity contribution in [1.82, 2.24) is 0 Å². The number of aliphatic hydroxyl groups excluding tert-OH is 1. The van der Waals surface area contributed by atoms with Gasteiger partial charge < -0.3 is 15.3 Å². The third-order valence-electron chi connectivity index (χ3n) is 1.79. The molecule has 0 aliphatic carbocycles. The number of furan rings is 1. The van der Waals surface area contributed by atoms with Gasteiger partial charge in [0, 0.05) is 10.9 Å². The monoisotopic (exact) mass is 201 g/mol. The van der Waals surface area contributed by atoms with Crippen LogP contribution in [0.15, 0.2) is 21.6 Å². The molecule has 0 amide bonds. The molecule has 13 heavy (non-hydrogen) atoms. The van der Waals surface area contributed by atoms with Gasteiger partial charge >= 0.3 is 0 Å². The molecule has 0 spiro atoms. The Kier molecular flexibility index (Phi) is 4.35. The summed E-state index contributed by atoms with van der Waals surface area (Å²) in [5.41, 5.74) is 5.56. The molecule has 1 unspecified atom stereocenters. The molecule has 1 rings (SSSR count). The third kappa shape index (κ3) is 3.42. The fourth-order valence-corrected chi connectivity index (χ4v) is 1.98. The molecule has 3 nitrogen and oxygen atoms in total. The van der Waals surface area contributed by atoms with Gasteiger partial charge in [-0.15, -0.1) is 11.8 Å². The molecule has 0 aliphatic rings. The third-order valence-corrected chi connectivity index (χ3v) is 2.97. The van der Waals surface area contributed by atoms with Gasteiger partial charge in [0.1, 0.15) is 5.76 Å². The van der Waals surface area contributed by atoms with Crippen molar-refractivity contribution in [3.8, 4) is 0 Å². The van der Waals surface area contributed by atoms with E-state index in [1.54, 1.807) is 18.0 Å². The normalized spacial score (nSPS) is 13.2. The van der Waals surface area contributed by atoms with E-state index in [-0.39, 0.29) is 12.6 Å². The van der Waals surface area contributed by atoms with Crippen molar-refractivity contribution in [2.24, 2.45) is 5.73 Å². The first kappa shape index (κ1) is 10.6. The molecule has 0 aliphatic heterocycles. The Morgan fingerprint density at radius 1 is 1.69 bits per heavy atom. The Hall–Kier alpha value is -0.450. The van der Waals surface area contributed by atoms with E-state index in [4.69, 9.17) is 15.3 Å². The van der Waals surface area contributed by atoms with E-state index < -0.39 is 0 Å². The summed E-state index contributed by atoms with van der Waals surface area (Å²) in [5, 5.41) is 8.69. The fourth-order valence-electron chi connectivity index (χ4n) is 0.935. The Bertz CT molecular complexity index is 250. The van der Waals surface area contributed by atoms with Crippen molar-refractivity contribution in [3.05, 3.63) is 18.1 Å². The van der Waals surface area contributed by atoms with Crippen molar-refractivity contribution in [2.45, 2.75) is 24.3 Å². The van der Waals surface area contributed by atoms with Gasteiger partial charge in [-0.2, -0.15) is 0 Å². The van der Waals surface area contributed by atoms with Gasteiger partial charge in [0.2, 0.25) is 0 Å². The molecule has 4 heteroatoms. The second kappa shape index (κ2) is 5.32. The second-order valence-corrected chi connectivity index (χ2v) is 4.06. The SMILES string of the molecule is Cc1occc1SCCC(N)CO. The highest BCUT2D eigenvalue weighted by Crippen LogP contribution is 2.23. The highest BCUT2D eigenvalue weighted by molar-refractivity contribution is 7.99. The molecular weight excluding hydrogens is 186 g/mol. The van der Waals surface area contributed by atoms with Crippen LogP contribution in [0.3, 0.4) is 0 Å². The van der Waals surface area contributed by atoms with Gasteiger partial charge in [-0.1, -0.05) is 0 Å². The highest BCUT2D eigenvalue weighted by Gasteiger charge is 2.04. The van der Waals surface area contributed by atoms with Gasteiger partial charge in [0.15, 0.2) is 0 Å². The molecule has 1 atom stereocenters. The molecule has 0 saturated carbocycles. The Balaban J connectivity index is 2.24. The smallest absolute Gasteiger partial charge is 0.114 e. The van der Waals surface area contributed by atoms with Crippen molar-refractivity contribution in [1.29, 1.82) is 0 Å². The van der Waals surface area contributed by atoms with Crippen LogP contribution in [0.4, 0.5) is 0 Å². The lowest BCUT2D eigenvalue weighted by molar-refractivity contribution is 0.264. The zero-order valence-corrected chi connectivity index (χ0v) is 8.51. The van der Waals surface area contributed by atoms with Crippen LogP contribution in [0.5, 0.6) is 0 Å². The summed E-state index contributed by atoms with van der Waals surface area (Å²) < 4.78 is 5.15. The lowest BCUT2D eigenvalue weighted by Crippen LogP contribution is -2.24. The summed E-state index contributed by atoms with van der Waals surface area (Å²) in [6.07, 6.45) is 2.51. The van der Waals surface area contributed by atoms with Crippen LogP contribution in [0, 0.1) is 6.92 Å². The minimum atomic E-state index is -0.0975. The number of hydrogen-bond donors (Lipinski definition) is 2. The average molecular weight is 201 g/mol. The number of aliphatic hydroxyl groups is 1. The van der Waals surface area contributed by atoms with Crippen LogP contribution in [0.1, 0.15) is 12.2 Å². The number of hydrogen-bond acceptors (Lipinski definition) is 4. The molecule has 0 bridgehead atoms. The lowest BCUT2D eigenvalue weighted by Gasteiger charge is -2.06. The van der Waals surface area contributed by atoms with Crippen LogP contribution < -0.4 is 5.73 Å². The van der Waals surface area contributed by atoms with E-state index in [0.29, 0.717) is 0 Å². The molecule has 1 aromatic rings. The molecule has 74 valence electrons. The molecular formula is C9H15NO2S. The minimum Gasteiger partial charge on any atom is -0.468 e. The van der Waals surface area contributed by atoms with Crippen molar-refractivity contribution in [3.63, 3.8) is 0 Å². The average Bonchev–Trinajstić information content (AvgIpc) is 2.52. The largest absolute Gasteiger partial charge is 0.468 e. The van der Waals surface area contributed by atoms with Crippen LogP contribution >= 0.6 is 11.8 Å². The molecule has 3 N–H and O–H groups in total. The molecule has 0 saturated heterocycles. The Morgan fingerprint density at radius 3 is 3.00 bits per heavy atom. The molecule has 0 aromatic carbocycles. The van der Waals surface area contributed by atoms with Crippen molar-refractivity contribution >= 4 is 11.8 Å². The zero-order valence-electron chi connectivity index (χ0n) is 7.69. The maximum absolute atomic E-state index is 8.69. The maximum Gasteiger partial charge on any atom is 0.114 e. The van der Waals surface area contributed by atoms with Crippen LogP contribution in [-0.4, -0.2) is 23.5 Å². The van der Waals surface area contributed by atoms with Crippen LogP contribution in [0.25, 0.3) is 0 Å². The first-order valence-electron chi connectivity index (χ1n) is 4.27. The molecule has 0 radical (unpaired) electrons. The summed E-state index contributed by atoms with van der Waals surface area (Å²) in [7, 11) is 0. The predicted octanol–water partition coefficient (Wildman–Crippen LogP) is 1.39. The van der Waals surface area contributed by atoms with Gasteiger partial charge in [0.05, 0.1) is 12.9 Å². The quantitative estimate of drug-likeness (QED) is 0.707. The van der Waals surface area contributed by atoms with E-state index in [1.165, 1.54) is 0 Å². The summed E-state index contributed by atoms with van der Waals surface area (Å²) in [6.45, 7) is 2.00. The summed E-state index contributed by atoms with van der Waals surface area (Å²) in [6, 6.07) is 1.85. The predicted molar refractivity (Wildman–Crippen MR) is 53.8 cm³/mol. The number of rotatable bonds is 5. The first-order chi connectivity index (χ1) is 6.24. The van der Waals surface area contributed by atoms with E-state index in [0.717, 1.165) is 22.8 Å². The van der Waals surface area contributed by atoms with Crippen molar-refractivity contribution in [2.75, 3.05) is 12.4 Å². The number of thioether (sulfide) groups is 1. The molecule has 0 fully saturated rings. The maximum atomic E-state index is 8.69. The topological polar surface area (TPSA) is 59.4 Å². The second-order valence-electron chi connectivity index (χ2n) is 2.92. The Labute approximate surface area is 82.3 Å². The van der Waals surface area contributed by atoms with Crippen molar-refractivity contribution < 1.29 is 9.52 Å². The summed E-state index contributed by atoms with van der Waals surface area (Å²) in [4.78, 5) is 1.16. The number of aryl methyl sites for hydroxylation is 1. The van der Waals surface area contributed by atoms with E-state index in [1.807, 2.05) is 13.0 Å². The minimum absolute atomic E-state index is 0.0604. The van der Waals surface area contributed by atoms with Gasteiger partial charge in [-0.3, -0.25) is 0 Å². The standard InChI is InChI=1S/C9H15NO2S/c1-7-9(2-4-12-7)13-5-3-8(10)6-11/h2,4,8,11H,3,5-6,10H2,1H3. The fraction of sp³-hybridized carbons (Fsp3) is 0.556. The van der Waals surface area contributed by atoms with E-state index in [9.17, 15) is 0 Å². The molecule has 1 aromatic heterocycles. The number of nitrogens with two attached hydrogens (primary N) is 1. The van der Waals surface area contributed by atoms with E-state index in [2.05, 4.69) is 0 Å². The lowest BCUT2D eigenvalue weighted by atomic mass is 10.3. The van der Waals surface area contributed by atoms with Gasteiger partial charge in [0.25, 0.3) is 0 Å².